The van der Waals surface area contributed by atoms with E-state index < -0.39 is 6.10 Å². The Morgan fingerprint density at radius 1 is 1.26 bits per heavy atom. The fourth-order valence-corrected chi connectivity index (χ4v) is 3.35. The van der Waals surface area contributed by atoms with Crippen LogP contribution in [0.3, 0.4) is 0 Å². The predicted octanol–water partition coefficient (Wildman–Crippen LogP) is 0.784. The largest absolute Gasteiger partial charge is 0.395 e. The summed E-state index contributed by atoms with van der Waals surface area (Å²) in [5.41, 5.74) is 3.82. The average Bonchev–Trinajstić information content (AvgIpc) is 2.51. The molecule has 0 spiro atoms. The molecule has 0 radical (unpaired) electrons. The van der Waals surface area contributed by atoms with Crippen LogP contribution in [0, 0.1) is 6.92 Å². The summed E-state index contributed by atoms with van der Waals surface area (Å²) in [6.07, 6.45) is 1.67. The number of nitrogens with zero attached hydrogens (tertiary/aromatic N) is 2. The molecule has 0 aromatic heterocycles. The van der Waals surface area contributed by atoms with Gasteiger partial charge in [-0.3, -0.25) is 4.90 Å². The van der Waals surface area contributed by atoms with Crippen molar-refractivity contribution in [3.05, 3.63) is 29.3 Å². The molecule has 2 rings (SSSR count). The standard InChI is InChI=1S/C18H30N2O3/c1-14-3-5-16-6-4-15(2)20(18(16)11-14)13-17(23)12-19(7-9-21)8-10-22/h3,5,11,15,17,21-23H,4,6-10,12-13H2,1-2H3. The monoisotopic (exact) mass is 322 g/mol. The minimum absolute atomic E-state index is 0.0366. The summed E-state index contributed by atoms with van der Waals surface area (Å²) in [7, 11) is 0. The average molecular weight is 322 g/mol. The third-order valence-electron chi connectivity index (χ3n) is 4.62. The van der Waals surface area contributed by atoms with Gasteiger partial charge in [0.25, 0.3) is 0 Å². The van der Waals surface area contributed by atoms with Gasteiger partial charge in [0.1, 0.15) is 0 Å². The molecule has 0 amide bonds. The molecule has 5 heteroatoms. The Labute approximate surface area is 139 Å². The molecule has 1 aromatic carbocycles. The van der Waals surface area contributed by atoms with Gasteiger partial charge in [-0.2, -0.15) is 0 Å². The summed E-state index contributed by atoms with van der Waals surface area (Å²) in [6.45, 7) is 6.36. The maximum absolute atomic E-state index is 10.5. The maximum Gasteiger partial charge on any atom is 0.0841 e. The molecule has 0 bridgehead atoms. The summed E-state index contributed by atoms with van der Waals surface area (Å²) in [4.78, 5) is 4.20. The smallest absolute Gasteiger partial charge is 0.0841 e. The molecule has 5 nitrogen and oxygen atoms in total. The SMILES string of the molecule is Cc1ccc2c(c1)N(CC(O)CN(CCO)CCO)C(C)CC2. The molecule has 0 saturated heterocycles. The van der Waals surface area contributed by atoms with E-state index in [-0.39, 0.29) is 13.2 Å². The lowest BCUT2D eigenvalue weighted by molar-refractivity contribution is 0.0894. The summed E-state index contributed by atoms with van der Waals surface area (Å²) in [5, 5.41) is 28.7. The van der Waals surface area contributed by atoms with Gasteiger partial charge in [0.2, 0.25) is 0 Å². The van der Waals surface area contributed by atoms with Gasteiger partial charge in [0, 0.05) is 37.9 Å². The van der Waals surface area contributed by atoms with Crippen LogP contribution in [0.1, 0.15) is 24.5 Å². The van der Waals surface area contributed by atoms with E-state index in [1.54, 1.807) is 0 Å². The van der Waals surface area contributed by atoms with Gasteiger partial charge >= 0.3 is 0 Å². The van der Waals surface area contributed by atoms with Gasteiger partial charge < -0.3 is 20.2 Å². The first-order valence-corrected chi connectivity index (χ1v) is 8.53. The molecule has 130 valence electrons. The van der Waals surface area contributed by atoms with Crippen LogP contribution in [0.4, 0.5) is 5.69 Å². The molecule has 1 aliphatic heterocycles. The fraction of sp³-hybridized carbons (Fsp3) is 0.667. The van der Waals surface area contributed by atoms with Crippen molar-refractivity contribution in [2.24, 2.45) is 0 Å². The lowest BCUT2D eigenvalue weighted by atomic mass is 9.95. The first-order valence-electron chi connectivity index (χ1n) is 8.53. The van der Waals surface area contributed by atoms with Gasteiger partial charge in [-0.05, 0) is 43.9 Å². The van der Waals surface area contributed by atoms with Crippen molar-refractivity contribution < 1.29 is 15.3 Å². The first kappa shape index (κ1) is 18.2. The van der Waals surface area contributed by atoms with Gasteiger partial charge in [-0.15, -0.1) is 0 Å². The van der Waals surface area contributed by atoms with E-state index in [1.807, 2.05) is 4.90 Å². The van der Waals surface area contributed by atoms with Gasteiger partial charge in [-0.25, -0.2) is 0 Å². The number of aryl methyl sites for hydroxylation is 2. The Morgan fingerprint density at radius 3 is 2.61 bits per heavy atom. The second-order valence-electron chi connectivity index (χ2n) is 6.57. The highest BCUT2D eigenvalue weighted by molar-refractivity contribution is 5.58. The Kier molecular flexibility index (Phi) is 6.84. The van der Waals surface area contributed by atoms with Crippen LogP contribution in [0.25, 0.3) is 0 Å². The molecule has 1 aromatic rings. The van der Waals surface area contributed by atoms with Crippen molar-refractivity contribution in [3.63, 3.8) is 0 Å². The van der Waals surface area contributed by atoms with Gasteiger partial charge in [0.05, 0.1) is 19.3 Å². The summed E-state index contributed by atoms with van der Waals surface area (Å²) in [6, 6.07) is 6.95. The lowest BCUT2D eigenvalue weighted by Gasteiger charge is -2.39. The van der Waals surface area contributed by atoms with Crippen molar-refractivity contribution in [2.75, 3.05) is 44.3 Å². The number of anilines is 1. The van der Waals surface area contributed by atoms with Crippen LogP contribution < -0.4 is 4.90 Å². The van der Waals surface area contributed by atoms with Crippen LogP contribution in [-0.2, 0) is 6.42 Å². The van der Waals surface area contributed by atoms with Crippen molar-refractivity contribution >= 4 is 5.69 Å². The molecule has 1 heterocycles. The highest BCUT2D eigenvalue weighted by atomic mass is 16.3. The molecule has 2 atom stereocenters. The Hall–Kier alpha value is -1.14. The number of rotatable bonds is 8. The summed E-state index contributed by atoms with van der Waals surface area (Å²) < 4.78 is 0. The zero-order chi connectivity index (χ0) is 16.8. The van der Waals surface area contributed by atoms with E-state index in [0.717, 1.165) is 12.8 Å². The summed E-state index contributed by atoms with van der Waals surface area (Å²) in [5.74, 6) is 0. The third-order valence-corrected chi connectivity index (χ3v) is 4.62. The minimum atomic E-state index is -0.512. The van der Waals surface area contributed by atoms with Crippen LogP contribution >= 0.6 is 0 Å². The molecule has 3 N–H and O–H groups in total. The lowest BCUT2D eigenvalue weighted by Crippen LogP contribution is -2.46. The van der Waals surface area contributed by atoms with Crippen molar-refractivity contribution in [1.82, 2.24) is 4.90 Å². The van der Waals surface area contributed by atoms with Crippen molar-refractivity contribution in [2.45, 2.75) is 38.8 Å². The van der Waals surface area contributed by atoms with Gasteiger partial charge in [0.15, 0.2) is 0 Å². The van der Waals surface area contributed by atoms with E-state index in [4.69, 9.17) is 10.2 Å². The summed E-state index contributed by atoms with van der Waals surface area (Å²) >= 11 is 0. The van der Waals surface area contributed by atoms with E-state index >= 15 is 0 Å². The molecular formula is C18H30N2O3. The fourth-order valence-electron chi connectivity index (χ4n) is 3.35. The van der Waals surface area contributed by atoms with E-state index in [2.05, 4.69) is 36.9 Å². The molecule has 0 fully saturated rings. The normalized spacial score (nSPS) is 19.0. The van der Waals surface area contributed by atoms with E-state index in [1.165, 1.54) is 16.8 Å². The van der Waals surface area contributed by atoms with Crippen LogP contribution in [-0.4, -0.2) is 71.8 Å². The number of β-amino-alcohol motifs (C(OH)–C–C–N with tert-alkyl or cyclic N) is 1. The molecule has 2 unspecified atom stereocenters. The van der Waals surface area contributed by atoms with Gasteiger partial charge in [-0.1, -0.05) is 12.1 Å². The number of aliphatic hydroxyl groups is 3. The Morgan fingerprint density at radius 2 is 1.96 bits per heavy atom. The molecule has 0 saturated carbocycles. The molecule has 23 heavy (non-hydrogen) atoms. The number of aliphatic hydroxyl groups excluding tert-OH is 3. The highest BCUT2D eigenvalue weighted by Gasteiger charge is 2.25. The third kappa shape index (κ3) is 4.91. The predicted molar refractivity (Wildman–Crippen MR) is 92.9 cm³/mol. The molecule has 1 aliphatic rings. The second kappa shape index (κ2) is 8.64. The van der Waals surface area contributed by atoms with Crippen molar-refractivity contribution in [1.29, 1.82) is 0 Å². The quantitative estimate of drug-likeness (QED) is 0.660. The van der Waals surface area contributed by atoms with Crippen molar-refractivity contribution in [3.8, 4) is 0 Å². The van der Waals surface area contributed by atoms with E-state index in [0.29, 0.717) is 32.2 Å². The zero-order valence-electron chi connectivity index (χ0n) is 14.3. The van der Waals surface area contributed by atoms with Crippen LogP contribution in [0.5, 0.6) is 0 Å². The number of hydrogen-bond acceptors (Lipinski definition) is 5. The number of hydrogen-bond donors (Lipinski definition) is 3. The topological polar surface area (TPSA) is 67.2 Å². The number of benzene rings is 1. The zero-order valence-corrected chi connectivity index (χ0v) is 14.3. The Bertz CT molecular complexity index is 489. The first-order chi connectivity index (χ1) is 11.0. The molecule has 0 aliphatic carbocycles. The minimum Gasteiger partial charge on any atom is -0.395 e. The Balaban J connectivity index is 2.05. The number of fused-ring (bicyclic) bond motifs is 1. The maximum atomic E-state index is 10.5. The van der Waals surface area contributed by atoms with E-state index in [9.17, 15) is 5.11 Å². The van der Waals surface area contributed by atoms with Crippen LogP contribution in [0.2, 0.25) is 0 Å². The highest BCUT2D eigenvalue weighted by Crippen LogP contribution is 2.31. The van der Waals surface area contributed by atoms with Crippen LogP contribution in [0.15, 0.2) is 18.2 Å². The second-order valence-corrected chi connectivity index (χ2v) is 6.57. The molecular weight excluding hydrogens is 292 g/mol.